The number of rotatable bonds is 4. The van der Waals surface area contributed by atoms with Crippen LogP contribution in [0.3, 0.4) is 0 Å². The molecule has 4 nitrogen and oxygen atoms in total. The molecule has 0 bridgehead atoms. The van der Waals surface area contributed by atoms with Gasteiger partial charge < -0.3 is 10.2 Å². The number of nitrogens with one attached hydrogen (secondary N) is 1. The number of halogens is 1. The van der Waals surface area contributed by atoms with Crippen molar-refractivity contribution in [2.45, 2.75) is 26.3 Å². The largest absolute Gasteiger partial charge is 0.350 e. The van der Waals surface area contributed by atoms with Crippen molar-refractivity contribution < 1.29 is 9.59 Å². The van der Waals surface area contributed by atoms with E-state index in [9.17, 15) is 9.59 Å². The zero-order valence-corrected chi connectivity index (χ0v) is 12.5. The van der Waals surface area contributed by atoms with Crippen LogP contribution in [0, 0.1) is 5.92 Å². The Morgan fingerprint density at radius 3 is 2.55 bits per heavy atom. The molecular formula is C15H19ClN2O2. The first kappa shape index (κ1) is 14.9. The lowest BCUT2D eigenvalue weighted by Crippen LogP contribution is -2.30. The Kier molecular flexibility index (Phi) is 4.65. The van der Waals surface area contributed by atoms with E-state index in [1.807, 2.05) is 26.0 Å². The SMILES string of the molecule is CC(C)NC(=O)c1ccc(N2CC(CCl)CC2=O)cc1. The average Bonchev–Trinajstić information content (AvgIpc) is 2.79. The molecule has 1 aromatic rings. The van der Waals surface area contributed by atoms with Gasteiger partial charge in [-0.1, -0.05) is 0 Å². The van der Waals surface area contributed by atoms with Crippen molar-refractivity contribution in [3.63, 3.8) is 0 Å². The molecule has 1 aromatic carbocycles. The van der Waals surface area contributed by atoms with Crippen LogP contribution >= 0.6 is 11.6 Å². The molecule has 1 N–H and O–H groups in total. The third-order valence-electron chi connectivity index (χ3n) is 3.28. The summed E-state index contributed by atoms with van der Waals surface area (Å²) in [5.41, 5.74) is 1.42. The van der Waals surface area contributed by atoms with Gasteiger partial charge in [0.25, 0.3) is 5.91 Å². The van der Waals surface area contributed by atoms with E-state index >= 15 is 0 Å². The van der Waals surface area contributed by atoms with Crippen LogP contribution in [-0.2, 0) is 4.79 Å². The van der Waals surface area contributed by atoms with Gasteiger partial charge in [-0.05, 0) is 44.0 Å². The molecule has 1 saturated heterocycles. The second kappa shape index (κ2) is 6.27. The summed E-state index contributed by atoms with van der Waals surface area (Å²) in [5.74, 6) is 0.706. The maximum atomic E-state index is 11.9. The van der Waals surface area contributed by atoms with Crippen molar-refractivity contribution in [2.75, 3.05) is 17.3 Å². The maximum absolute atomic E-state index is 11.9. The third kappa shape index (κ3) is 3.31. The smallest absolute Gasteiger partial charge is 0.251 e. The first-order chi connectivity index (χ1) is 9.51. The van der Waals surface area contributed by atoms with Crippen LogP contribution in [0.15, 0.2) is 24.3 Å². The number of benzene rings is 1. The predicted octanol–water partition coefficient (Wildman–Crippen LogP) is 2.42. The van der Waals surface area contributed by atoms with Crippen LogP contribution in [-0.4, -0.2) is 30.3 Å². The topological polar surface area (TPSA) is 49.4 Å². The molecule has 1 aliphatic heterocycles. The molecule has 5 heteroatoms. The van der Waals surface area contributed by atoms with E-state index in [0.717, 1.165) is 5.69 Å². The fraction of sp³-hybridized carbons (Fsp3) is 0.467. The number of carbonyl (C=O) groups excluding carboxylic acids is 2. The lowest BCUT2D eigenvalue weighted by Gasteiger charge is -2.17. The van der Waals surface area contributed by atoms with Crippen molar-refractivity contribution in [1.29, 1.82) is 0 Å². The van der Waals surface area contributed by atoms with Gasteiger partial charge in [-0.15, -0.1) is 11.6 Å². The minimum atomic E-state index is -0.0991. The number of carbonyl (C=O) groups is 2. The summed E-state index contributed by atoms with van der Waals surface area (Å²) >= 11 is 5.81. The Hall–Kier alpha value is -1.55. The highest BCUT2D eigenvalue weighted by molar-refractivity contribution is 6.18. The third-order valence-corrected chi connectivity index (χ3v) is 3.72. The Morgan fingerprint density at radius 1 is 1.40 bits per heavy atom. The molecular weight excluding hydrogens is 276 g/mol. The van der Waals surface area contributed by atoms with E-state index in [0.29, 0.717) is 24.4 Å². The second-order valence-electron chi connectivity index (χ2n) is 5.40. The van der Waals surface area contributed by atoms with Gasteiger partial charge in [-0.25, -0.2) is 0 Å². The molecule has 20 heavy (non-hydrogen) atoms. The Morgan fingerprint density at radius 2 is 2.05 bits per heavy atom. The van der Waals surface area contributed by atoms with Crippen molar-refractivity contribution >= 4 is 29.1 Å². The zero-order valence-electron chi connectivity index (χ0n) is 11.7. The van der Waals surface area contributed by atoms with E-state index in [-0.39, 0.29) is 23.8 Å². The Bertz CT molecular complexity index is 499. The van der Waals surface area contributed by atoms with Crippen molar-refractivity contribution in [2.24, 2.45) is 5.92 Å². The fourth-order valence-corrected chi connectivity index (χ4v) is 2.48. The van der Waals surface area contributed by atoms with Gasteiger partial charge >= 0.3 is 0 Å². The van der Waals surface area contributed by atoms with Gasteiger partial charge in [0.2, 0.25) is 5.91 Å². The number of nitrogens with zero attached hydrogens (tertiary/aromatic N) is 1. The summed E-state index contributed by atoms with van der Waals surface area (Å²) in [6, 6.07) is 7.21. The fourth-order valence-electron chi connectivity index (χ4n) is 2.27. The minimum absolute atomic E-state index is 0.0926. The Labute approximate surface area is 124 Å². The molecule has 0 aromatic heterocycles. The minimum Gasteiger partial charge on any atom is -0.350 e. The first-order valence-corrected chi connectivity index (χ1v) is 7.32. The lowest BCUT2D eigenvalue weighted by molar-refractivity contribution is -0.117. The van der Waals surface area contributed by atoms with Crippen molar-refractivity contribution in [3.8, 4) is 0 Å². The van der Waals surface area contributed by atoms with Crippen molar-refractivity contribution in [3.05, 3.63) is 29.8 Å². The summed E-state index contributed by atoms with van der Waals surface area (Å²) < 4.78 is 0. The van der Waals surface area contributed by atoms with Gasteiger partial charge in [0.15, 0.2) is 0 Å². The van der Waals surface area contributed by atoms with Crippen molar-refractivity contribution in [1.82, 2.24) is 5.32 Å². The van der Waals surface area contributed by atoms with Gasteiger partial charge in [-0.3, -0.25) is 9.59 Å². The molecule has 0 spiro atoms. The summed E-state index contributed by atoms with van der Waals surface area (Å²) in [6.45, 7) is 4.49. The molecule has 0 radical (unpaired) electrons. The Balaban J connectivity index is 2.09. The monoisotopic (exact) mass is 294 g/mol. The molecule has 1 atom stereocenters. The van der Waals surface area contributed by atoms with Crippen LogP contribution in [0.4, 0.5) is 5.69 Å². The van der Waals surface area contributed by atoms with Crippen LogP contribution in [0.5, 0.6) is 0 Å². The number of alkyl halides is 1. The lowest BCUT2D eigenvalue weighted by atomic mass is 10.1. The highest BCUT2D eigenvalue weighted by Gasteiger charge is 2.29. The molecule has 1 unspecified atom stereocenters. The van der Waals surface area contributed by atoms with E-state index in [4.69, 9.17) is 11.6 Å². The number of hydrogen-bond acceptors (Lipinski definition) is 2. The summed E-state index contributed by atoms with van der Waals surface area (Å²) in [6.07, 6.45) is 0.499. The highest BCUT2D eigenvalue weighted by Crippen LogP contribution is 2.25. The van der Waals surface area contributed by atoms with E-state index < -0.39 is 0 Å². The van der Waals surface area contributed by atoms with Gasteiger partial charge in [0, 0.05) is 36.1 Å². The average molecular weight is 295 g/mol. The molecule has 0 saturated carbocycles. The van der Waals surface area contributed by atoms with Crippen LogP contribution < -0.4 is 10.2 Å². The second-order valence-corrected chi connectivity index (χ2v) is 5.71. The quantitative estimate of drug-likeness (QED) is 0.867. The number of amides is 2. The summed E-state index contributed by atoms with van der Waals surface area (Å²) in [4.78, 5) is 25.5. The molecule has 2 amide bonds. The molecule has 2 rings (SSSR count). The van der Waals surface area contributed by atoms with E-state index in [1.165, 1.54) is 0 Å². The van der Waals surface area contributed by atoms with Gasteiger partial charge in [0.05, 0.1) is 0 Å². The summed E-state index contributed by atoms with van der Waals surface area (Å²) in [7, 11) is 0. The molecule has 1 fully saturated rings. The highest BCUT2D eigenvalue weighted by atomic mass is 35.5. The molecule has 1 heterocycles. The van der Waals surface area contributed by atoms with E-state index in [1.54, 1.807) is 17.0 Å². The normalized spacial score (nSPS) is 18.7. The number of anilines is 1. The van der Waals surface area contributed by atoms with Crippen LogP contribution in [0.1, 0.15) is 30.6 Å². The predicted molar refractivity (Wildman–Crippen MR) is 80.2 cm³/mol. The number of hydrogen-bond donors (Lipinski definition) is 1. The molecule has 1 aliphatic rings. The maximum Gasteiger partial charge on any atom is 0.251 e. The summed E-state index contributed by atoms with van der Waals surface area (Å²) in [5, 5.41) is 2.84. The molecule has 0 aliphatic carbocycles. The zero-order chi connectivity index (χ0) is 14.7. The first-order valence-electron chi connectivity index (χ1n) is 6.78. The van der Waals surface area contributed by atoms with Gasteiger partial charge in [-0.2, -0.15) is 0 Å². The van der Waals surface area contributed by atoms with Crippen LogP contribution in [0.2, 0.25) is 0 Å². The standard InChI is InChI=1S/C15H19ClN2O2/c1-10(2)17-15(20)12-3-5-13(6-4-12)18-9-11(8-16)7-14(18)19/h3-6,10-11H,7-9H2,1-2H3,(H,17,20). The van der Waals surface area contributed by atoms with Gasteiger partial charge in [0.1, 0.15) is 0 Å². The van der Waals surface area contributed by atoms with Crippen LogP contribution in [0.25, 0.3) is 0 Å². The molecule has 108 valence electrons. The van der Waals surface area contributed by atoms with E-state index in [2.05, 4.69) is 5.32 Å².